The SMILES string of the molecule is Cc1nc(NC(=O)OCC2c3ccccc3-c3ccccc32)sc1C(=O)NC1(CC(=O)O)CCC1. The summed E-state index contributed by atoms with van der Waals surface area (Å²) in [5.41, 5.74) is 4.30. The van der Waals surface area contributed by atoms with Crippen molar-refractivity contribution in [3.63, 3.8) is 0 Å². The number of carboxylic acid groups (broad SMARTS) is 1. The summed E-state index contributed by atoms with van der Waals surface area (Å²) < 4.78 is 5.55. The second kappa shape index (κ2) is 9.14. The van der Waals surface area contributed by atoms with Crippen LogP contribution in [0.4, 0.5) is 9.93 Å². The fourth-order valence-electron chi connectivity index (χ4n) is 4.92. The molecule has 0 atom stereocenters. The Morgan fingerprint density at radius 3 is 2.29 bits per heavy atom. The van der Waals surface area contributed by atoms with Crippen LogP contribution in [0.15, 0.2) is 48.5 Å². The number of thiazole rings is 1. The van der Waals surface area contributed by atoms with Crippen LogP contribution in [-0.2, 0) is 9.53 Å². The molecule has 9 heteroatoms. The lowest BCUT2D eigenvalue weighted by Gasteiger charge is -2.41. The van der Waals surface area contributed by atoms with E-state index in [1.165, 1.54) is 0 Å². The van der Waals surface area contributed by atoms with E-state index in [4.69, 9.17) is 4.74 Å². The van der Waals surface area contributed by atoms with Gasteiger partial charge >= 0.3 is 12.1 Å². The molecule has 2 aliphatic rings. The zero-order valence-corrected chi connectivity index (χ0v) is 20.0. The number of nitrogens with one attached hydrogen (secondary N) is 2. The van der Waals surface area contributed by atoms with E-state index < -0.39 is 17.6 Å². The Kier molecular flexibility index (Phi) is 6.02. The number of carbonyl (C=O) groups excluding carboxylic acids is 2. The second-order valence-electron chi connectivity index (χ2n) is 9.04. The molecule has 2 amide bonds. The molecule has 1 heterocycles. The fourth-order valence-corrected chi connectivity index (χ4v) is 5.77. The van der Waals surface area contributed by atoms with Crippen molar-refractivity contribution in [2.75, 3.05) is 11.9 Å². The van der Waals surface area contributed by atoms with Gasteiger partial charge in [-0.3, -0.25) is 14.9 Å². The molecule has 0 spiro atoms. The molecule has 1 saturated carbocycles. The van der Waals surface area contributed by atoms with Crippen molar-refractivity contribution < 1.29 is 24.2 Å². The normalized spacial score (nSPS) is 15.5. The van der Waals surface area contributed by atoms with Gasteiger partial charge in [-0.2, -0.15) is 0 Å². The van der Waals surface area contributed by atoms with Crippen molar-refractivity contribution >= 4 is 34.4 Å². The van der Waals surface area contributed by atoms with E-state index >= 15 is 0 Å². The van der Waals surface area contributed by atoms with Gasteiger partial charge in [0.15, 0.2) is 5.13 Å². The van der Waals surface area contributed by atoms with Gasteiger partial charge in [0.25, 0.3) is 5.91 Å². The topological polar surface area (TPSA) is 118 Å². The van der Waals surface area contributed by atoms with Crippen molar-refractivity contribution in [2.24, 2.45) is 0 Å². The maximum Gasteiger partial charge on any atom is 0.413 e. The minimum Gasteiger partial charge on any atom is -0.481 e. The Balaban J connectivity index is 1.23. The van der Waals surface area contributed by atoms with Crippen molar-refractivity contribution in [3.05, 3.63) is 70.2 Å². The number of carbonyl (C=O) groups is 3. The lowest BCUT2D eigenvalue weighted by atomic mass is 9.74. The molecule has 35 heavy (non-hydrogen) atoms. The highest BCUT2D eigenvalue weighted by atomic mass is 32.1. The van der Waals surface area contributed by atoms with Crippen LogP contribution in [0.1, 0.15) is 58.1 Å². The van der Waals surface area contributed by atoms with Crippen molar-refractivity contribution in [1.82, 2.24) is 10.3 Å². The van der Waals surface area contributed by atoms with Crippen LogP contribution in [-0.4, -0.2) is 40.2 Å². The number of amides is 2. The Hall–Kier alpha value is -3.72. The fraction of sp³-hybridized carbons (Fsp3) is 0.308. The Bertz CT molecular complexity index is 1270. The van der Waals surface area contributed by atoms with Crippen LogP contribution in [0.5, 0.6) is 0 Å². The first-order valence-corrected chi connectivity index (χ1v) is 12.3. The number of benzene rings is 2. The third-order valence-electron chi connectivity index (χ3n) is 6.73. The molecule has 0 aliphatic heterocycles. The Morgan fingerprint density at radius 1 is 1.09 bits per heavy atom. The Morgan fingerprint density at radius 2 is 1.71 bits per heavy atom. The molecule has 0 bridgehead atoms. The number of nitrogens with zero attached hydrogens (tertiary/aromatic N) is 1. The van der Waals surface area contributed by atoms with Crippen LogP contribution in [0, 0.1) is 6.92 Å². The number of aliphatic carboxylic acids is 1. The molecule has 1 aromatic heterocycles. The predicted octanol–water partition coefficient (Wildman–Crippen LogP) is 4.94. The van der Waals surface area contributed by atoms with Gasteiger partial charge < -0.3 is 15.2 Å². The van der Waals surface area contributed by atoms with Crippen LogP contribution < -0.4 is 10.6 Å². The van der Waals surface area contributed by atoms with Gasteiger partial charge in [-0.15, -0.1) is 0 Å². The summed E-state index contributed by atoms with van der Waals surface area (Å²) in [4.78, 5) is 41.2. The first-order valence-electron chi connectivity index (χ1n) is 11.5. The molecule has 3 N–H and O–H groups in total. The second-order valence-corrected chi connectivity index (χ2v) is 10.0. The van der Waals surface area contributed by atoms with Gasteiger partial charge in [-0.1, -0.05) is 59.9 Å². The molecule has 3 aromatic rings. The van der Waals surface area contributed by atoms with Gasteiger partial charge in [-0.05, 0) is 48.4 Å². The lowest BCUT2D eigenvalue weighted by molar-refractivity contribution is -0.139. The van der Waals surface area contributed by atoms with E-state index in [0.29, 0.717) is 23.4 Å². The van der Waals surface area contributed by atoms with Gasteiger partial charge in [-0.25, -0.2) is 9.78 Å². The molecule has 0 radical (unpaired) electrons. The number of anilines is 1. The molecule has 1 fully saturated rings. The number of aryl methyl sites for hydroxylation is 1. The quantitative estimate of drug-likeness (QED) is 0.431. The third-order valence-corrected chi connectivity index (χ3v) is 7.81. The van der Waals surface area contributed by atoms with Crippen LogP contribution in [0.25, 0.3) is 11.1 Å². The summed E-state index contributed by atoms with van der Waals surface area (Å²) in [6.07, 6.45) is 1.39. The van der Waals surface area contributed by atoms with Crippen LogP contribution in [0.2, 0.25) is 0 Å². The minimum absolute atomic E-state index is 0.0552. The highest BCUT2D eigenvalue weighted by Crippen LogP contribution is 2.44. The molecule has 8 nitrogen and oxygen atoms in total. The van der Waals surface area contributed by atoms with Crippen molar-refractivity contribution in [3.8, 4) is 11.1 Å². The molecule has 2 aliphatic carbocycles. The zero-order chi connectivity index (χ0) is 24.6. The number of hydrogen-bond acceptors (Lipinski definition) is 6. The average molecular weight is 492 g/mol. The van der Waals surface area contributed by atoms with E-state index in [2.05, 4.69) is 39.9 Å². The van der Waals surface area contributed by atoms with Gasteiger partial charge in [0.2, 0.25) is 0 Å². The summed E-state index contributed by atoms with van der Waals surface area (Å²) >= 11 is 1.04. The summed E-state index contributed by atoms with van der Waals surface area (Å²) in [7, 11) is 0. The van der Waals surface area contributed by atoms with Crippen molar-refractivity contribution in [1.29, 1.82) is 0 Å². The van der Waals surface area contributed by atoms with Gasteiger partial charge in [0.05, 0.1) is 17.7 Å². The summed E-state index contributed by atoms with van der Waals surface area (Å²) in [6.45, 7) is 1.86. The maximum absolute atomic E-state index is 12.8. The van der Waals surface area contributed by atoms with Crippen molar-refractivity contribution in [2.45, 2.75) is 44.1 Å². The zero-order valence-electron chi connectivity index (χ0n) is 19.2. The average Bonchev–Trinajstić information content (AvgIpc) is 3.33. The number of rotatable bonds is 7. The van der Waals surface area contributed by atoms with Gasteiger partial charge in [0, 0.05) is 5.92 Å². The monoisotopic (exact) mass is 491 g/mol. The lowest BCUT2D eigenvalue weighted by Crippen LogP contribution is -2.54. The number of aromatic nitrogens is 1. The molecular formula is C26H25N3O5S. The minimum atomic E-state index is -0.941. The number of fused-ring (bicyclic) bond motifs is 3. The molecule has 2 aromatic carbocycles. The molecule has 180 valence electrons. The molecule has 5 rings (SSSR count). The smallest absolute Gasteiger partial charge is 0.413 e. The van der Waals surface area contributed by atoms with Crippen LogP contribution in [0.3, 0.4) is 0 Å². The van der Waals surface area contributed by atoms with Gasteiger partial charge in [0.1, 0.15) is 11.5 Å². The highest BCUT2D eigenvalue weighted by molar-refractivity contribution is 7.17. The van der Waals surface area contributed by atoms with E-state index in [1.54, 1.807) is 6.92 Å². The third kappa shape index (κ3) is 4.51. The predicted molar refractivity (Wildman–Crippen MR) is 132 cm³/mol. The van der Waals surface area contributed by atoms with E-state index in [9.17, 15) is 19.5 Å². The summed E-state index contributed by atoms with van der Waals surface area (Å²) in [5, 5.41) is 14.9. The Labute approximate surface area is 206 Å². The van der Waals surface area contributed by atoms with E-state index in [0.717, 1.165) is 40.0 Å². The number of hydrogen-bond donors (Lipinski definition) is 3. The maximum atomic E-state index is 12.8. The molecule has 0 saturated heterocycles. The largest absolute Gasteiger partial charge is 0.481 e. The number of carboxylic acids is 1. The van der Waals surface area contributed by atoms with E-state index in [-0.39, 0.29) is 30.0 Å². The first kappa shape index (κ1) is 23.0. The molecular weight excluding hydrogens is 466 g/mol. The van der Waals surface area contributed by atoms with Crippen LogP contribution >= 0.6 is 11.3 Å². The summed E-state index contributed by atoms with van der Waals surface area (Å²) in [5.74, 6) is -1.37. The summed E-state index contributed by atoms with van der Waals surface area (Å²) in [6, 6.07) is 16.2. The highest BCUT2D eigenvalue weighted by Gasteiger charge is 2.41. The number of ether oxygens (including phenoxy) is 1. The van der Waals surface area contributed by atoms with E-state index in [1.807, 2.05) is 24.3 Å². The molecule has 0 unspecified atom stereocenters. The standard InChI is InChI=1S/C26H25N3O5S/c1-15-22(23(32)29-26(11-6-12-26)13-21(30)31)35-24(27-15)28-25(33)34-14-20-18-9-4-2-7-16(18)17-8-3-5-10-19(17)20/h2-5,7-10,20H,6,11-14H2,1H3,(H,29,32)(H,30,31)(H,27,28,33). The first-order chi connectivity index (χ1) is 16.8.